The Kier molecular flexibility index (Phi) is 4.38. The standard InChI is InChI=1S/C15H15ClN6O/c1-10-8-13(22-15(21-10)19-9-20-22)17-6-7-18-14(23)11-2-4-12(16)5-3-11/h2-5,8-9,17H,6-7H2,1H3,(H,18,23). The minimum Gasteiger partial charge on any atom is -0.368 e. The van der Waals surface area contributed by atoms with Gasteiger partial charge in [-0.15, -0.1) is 0 Å². The van der Waals surface area contributed by atoms with Crippen molar-refractivity contribution in [3.8, 4) is 0 Å². The molecule has 0 fully saturated rings. The van der Waals surface area contributed by atoms with Gasteiger partial charge in [0.1, 0.15) is 12.1 Å². The van der Waals surface area contributed by atoms with Crippen LogP contribution in [-0.4, -0.2) is 38.6 Å². The van der Waals surface area contributed by atoms with E-state index in [1.165, 1.54) is 6.33 Å². The summed E-state index contributed by atoms with van der Waals surface area (Å²) in [6.07, 6.45) is 1.45. The molecule has 0 spiro atoms. The van der Waals surface area contributed by atoms with Crippen LogP contribution < -0.4 is 10.6 Å². The van der Waals surface area contributed by atoms with E-state index in [1.807, 2.05) is 13.0 Å². The summed E-state index contributed by atoms with van der Waals surface area (Å²) in [5.74, 6) is 1.18. The lowest BCUT2D eigenvalue weighted by Gasteiger charge is -2.09. The van der Waals surface area contributed by atoms with E-state index in [2.05, 4.69) is 25.7 Å². The molecule has 0 saturated heterocycles. The first kappa shape index (κ1) is 15.2. The molecule has 3 aromatic rings. The third-order valence-electron chi connectivity index (χ3n) is 3.20. The van der Waals surface area contributed by atoms with Gasteiger partial charge in [0.05, 0.1) is 0 Å². The van der Waals surface area contributed by atoms with Crippen LogP contribution in [0.3, 0.4) is 0 Å². The molecule has 0 radical (unpaired) electrons. The Morgan fingerprint density at radius 2 is 2.04 bits per heavy atom. The van der Waals surface area contributed by atoms with Crippen molar-refractivity contribution in [2.75, 3.05) is 18.4 Å². The van der Waals surface area contributed by atoms with Crippen molar-refractivity contribution in [1.29, 1.82) is 0 Å². The molecule has 2 aromatic heterocycles. The Bertz CT molecular complexity index is 830. The summed E-state index contributed by atoms with van der Waals surface area (Å²) in [6.45, 7) is 2.92. The monoisotopic (exact) mass is 330 g/mol. The van der Waals surface area contributed by atoms with Crippen LogP contribution in [0.4, 0.5) is 5.82 Å². The largest absolute Gasteiger partial charge is 0.368 e. The van der Waals surface area contributed by atoms with Crippen molar-refractivity contribution in [1.82, 2.24) is 24.9 Å². The third-order valence-corrected chi connectivity index (χ3v) is 3.45. The van der Waals surface area contributed by atoms with Gasteiger partial charge in [0.2, 0.25) is 0 Å². The second kappa shape index (κ2) is 6.62. The van der Waals surface area contributed by atoms with Gasteiger partial charge in [-0.1, -0.05) is 11.6 Å². The Morgan fingerprint density at radius 1 is 1.26 bits per heavy atom. The fraction of sp³-hybridized carbons (Fsp3) is 0.200. The van der Waals surface area contributed by atoms with Crippen LogP contribution >= 0.6 is 11.6 Å². The molecule has 23 heavy (non-hydrogen) atoms. The zero-order chi connectivity index (χ0) is 16.2. The van der Waals surface area contributed by atoms with Gasteiger partial charge < -0.3 is 10.6 Å². The number of halogens is 1. The third kappa shape index (κ3) is 3.57. The maximum absolute atomic E-state index is 12.0. The molecule has 0 aliphatic heterocycles. The highest BCUT2D eigenvalue weighted by Crippen LogP contribution is 2.10. The quantitative estimate of drug-likeness (QED) is 0.698. The number of benzene rings is 1. The molecule has 0 aliphatic rings. The number of carbonyl (C=O) groups is 1. The zero-order valence-electron chi connectivity index (χ0n) is 12.5. The molecule has 1 amide bonds. The highest BCUT2D eigenvalue weighted by Gasteiger charge is 2.06. The van der Waals surface area contributed by atoms with Gasteiger partial charge in [-0.25, -0.2) is 4.98 Å². The number of hydrogen-bond donors (Lipinski definition) is 2. The first-order chi connectivity index (χ1) is 11.1. The maximum Gasteiger partial charge on any atom is 0.254 e. The molecule has 7 nitrogen and oxygen atoms in total. The number of fused-ring (bicyclic) bond motifs is 1. The lowest BCUT2D eigenvalue weighted by Crippen LogP contribution is -2.29. The summed E-state index contributed by atoms with van der Waals surface area (Å²) in [5.41, 5.74) is 1.42. The van der Waals surface area contributed by atoms with Crippen molar-refractivity contribution < 1.29 is 4.79 Å². The predicted octanol–water partition coefficient (Wildman–Crippen LogP) is 1.93. The number of aromatic nitrogens is 4. The normalized spacial score (nSPS) is 10.7. The van der Waals surface area contributed by atoms with Gasteiger partial charge in [0.15, 0.2) is 0 Å². The number of nitrogens with zero attached hydrogens (tertiary/aromatic N) is 4. The highest BCUT2D eigenvalue weighted by molar-refractivity contribution is 6.30. The predicted molar refractivity (Wildman–Crippen MR) is 87.8 cm³/mol. The second-order valence-corrected chi connectivity index (χ2v) is 5.38. The summed E-state index contributed by atoms with van der Waals surface area (Å²) in [7, 11) is 0. The van der Waals surface area contributed by atoms with Crippen LogP contribution in [0, 0.1) is 6.92 Å². The molecule has 0 bridgehead atoms. The molecular formula is C15H15ClN6O. The number of hydrogen-bond acceptors (Lipinski definition) is 5. The topological polar surface area (TPSA) is 84.2 Å². The molecule has 0 saturated carbocycles. The lowest BCUT2D eigenvalue weighted by molar-refractivity contribution is 0.0955. The van der Waals surface area contributed by atoms with Crippen LogP contribution in [0.1, 0.15) is 16.1 Å². The summed E-state index contributed by atoms with van der Waals surface area (Å²) in [5, 5.41) is 10.8. The van der Waals surface area contributed by atoms with E-state index in [4.69, 9.17) is 11.6 Å². The van der Waals surface area contributed by atoms with Crippen LogP contribution in [-0.2, 0) is 0 Å². The molecule has 3 rings (SSSR count). The van der Waals surface area contributed by atoms with Gasteiger partial charge >= 0.3 is 0 Å². The van der Waals surface area contributed by atoms with Gasteiger partial charge in [-0.2, -0.15) is 14.6 Å². The summed E-state index contributed by atoms with van der Waals surface area (Å²) < 4.78 is 1.62. The minimum atomic E-state index is -0.139. The number of aryl methyl sites for hydroxylation is 1. The highest BCUT2D eigenvalue weighted by atomic mass is 35.5. The second-order valence-electron chi connectivity index (χ2n) is 4.94. The van der Waals surface area contributed by atoms with Gasteiger partial charge in [-0.05, 0) is 31.2 Å². The van der Waals surface area contributed by atoms with Crippen molar-refractivity contribution >= 4 is 29.1 Å². The average Bonchev–Trinajstić information content (AvgIpc) is 3.00. The SMILES string of the molecule is Cc1cc(NCCNC(=O)c2ccc(Cl)cc2)n2ncnc2n1. The number of carbonyl (C=O) groups excluding carboxylic acids is 1. The van der Waals surface area contributed by atoms with E-state index in [0.29, 0.717) is 29.5 Å². The van der Waals surface area contributed by atoms with E-state index >= 15 is 0 Å². The number of amides is 1. The van der Waals surface area contributed by atoms with Gasteiger partial charge in [0.25, 0.3) is 11.7 Å². The van der Waals surface area contributed by atoms with Crippen molar-refractivity contribution in [2.45, 2.75) is 6.92 Å². The van der Waals surface area contributed by atoms with E-state index in [0.717, 1.165) is 11.5 Å². The van der Waals surface area contributed by atoms with E-state index in [1.54, 1.807) is 28.8 Å². The number of anilines is 1. The summed E-state index contributed by atoms with van der Waals surface area (Å²) >= 11 is 5.80. The molecule has 0 atom stereocenters. The zero-order valence-corrected chi connectivity index (χ0v) is 13.2. The smallest absolute Gasteiger partial charge is 0.254 e. The Labute approximate surface area is 137 Å². The van der Waals surface area contributed by atoms with Crippen LogP contribution in [0.15, 0.2) is 36.7 Å². The minimum absolute atomic E-state index is 0.139. The van der Waals surface area contributed by atoms with Gasteiger partial charge in [0, 0.05) is 35.4 Å². The molecule has 2 N–H and O–H groups in total. The Hall–Kier alpha value is -2.67. The van der Waals surface area contributed by atoms with Crippen molar-refractivity contribution in [2.24, 2.45) is 0 Å². The van der Waals surface area contributed by atoms with Crippen molar-refractivity contribution in [3.05, 3.63) is 52.9 Å². The molecule has 0 aliphatic carbocycles. The summed E-state index contributed by atoms with van der Waals surface area (Å²) in [4.78, 5) is 20.3. The molecule has 1 aromatic carbocycles. The Morgan fingerprint density at radius 3 is 2.83 bits per heavy atom. The fourth-order valence-corrected chi connectivity index (χ4v) is 2.25. The van der Waals surface area contributed by atoms with Crippen molar-refractivity contribution in [3.63, 3.8) is 0 Å². The maximum atomic E-state index is 12.0. The van der Waals surface area contributed by atoms with E-state index in [-0.39, 0.29) is 5.91 Å². The Balaban J connectivity index is 1.56. The van der Waals surface area contributed by atoms with Crippen LogP contribution in [0.5, 0.6) is 0 Å². The van der Waals surface area contributed by atoms with Gasteiger partial charge in [-0.3, -0.25) is 4.79 Å². The molecule has 118 valence electrons. The first-order valence-electron chi connectivity index (χ1n) is 7.08. The molecular weight excluding hydrogens is 316 g/mol. The fourth-order valence-electron chi connectivity index (χ4n) is 2.13. The van der Waals surface area contributed by atoms with Crippen LogP contribution in [0.2, 0.25) is 5.02 Å². The molecule has 8 heteroatoms. The molecule has 0 unspecified atom stereocenters. The van der Waals surface area contributed by atoms with E-state index < -0.39 is 0 Å². The summed E-state index contributed by atoms with van der Waals surface area (Å²) in [6, 6.07) is 8.64. The number of rotatable bonds is 5. The van der Waals surface area contributed by atoms with E-state index in [9.17, 15) is 4.79 Å². The number of nitrogens with one attached hydrogen (secondary N) is 2. The van der Waals surface area contributed by atoms with Crippen LogP contribution in [0.25, 0.3) is 5.78 Å². The molecule has 2 heterocycles. The average molecular weight is 331 g/mol. The first-order valence-corrected chi connectivity index (χ1v) is 7.46. The lowest BCUT2D eigenvalue weighted by atomic mass is 10.2.